The predicted octanol–water partition coefficient (Wildman–Crippen LogP) is 3.41. The highest BCUT2D eigenvalue weighted by Crippen LogP contribution is 2.35. The molecule has 0 spiro atoms. The van der Waals surface area contributed by atoms with E-state index in [1.165, 1.54) is 25.3 Å². The summed E-state index contributed by atoms with van der Waals surface area (Å²) in [5.41, 5.74) is -0.0683. The normalized spacial score (nSPS) is 13.0. The molecule has 0 aliphatic carbocycles. The van der Waals surface area contributed by atoms with E-state index < -0.39 is 24.2 Å². The van der Waals surface area contributed by atoms with Crippen molar-refractivity contribution < 1.29 is 17.9 Å². The minimum absolute atomic E-state index is 0.0683. The summed E-state index contributed by atoms with van der Waals surface area (Å²) in [5, 5.41) is 0.0875. The molecule has 124 valence electrons. The van der Waals surface area contributed by atoms with Gasteiger partial charge in [0.05, 0.1) is 17.6 Å². The van der Waals surface area contributed by atoms with Crippen LogP contribution in [0.25, 0.3) is 0 Å². The van der Waals surface area contributed by atoms with Gasteiger partial charge in [0.1, 0.15) is 8.24 Å². The lowest BCUT2D eigenvalue weighted by Gasteiger charge is -2.36. The molecule has 8 heteroatoms. The summed E-state index contributed by atoms with van der Waals surface area (Å²) < 4.78 is 32.9. The van der Waals surface area contributed by atoms with Crippen LogP contribution in [-0.4, -0.2) is 29.7 Å². The monoisotopic (exact) mass is 363 g/mol. The Morgan fingerprint density at radius 2 is 1.82 bits per heavy atom. The van der Waals surface area contributed by atoms with Crippen molar-refractivity contribution in [3.63, 3.8) is 0 Å². The van der Waals surface area contributed by atoms with Gasteiger partial charge in [-0.1, -0.05) is 45.5 Å². The molecule has 0 atom stereocenters. The third-order valence-corrected chi connectivity index (χ3v) is 11.9. The van der Waals surface area contributed by atoms with Crippen molar-refractivity contribution in [2.24, 2.45) is 0 Å². The van der Waals surface area contributed by atoms with Gasteiger partial charge in [0, 0.05) is 5.02 Å². The maximum absolute atomic E-state index is 12.7. The van der Waals surface area contributed by atoms with Gasteiger partial charge in [0.15, 0.2) is 0 Å². The Labute approximate surface area is 138 Å². The minimum Gasteiger partial charge on any atom is -0.465 e. The number of methoxy groups -OCH3 is 1. The summed E-state index contributed by atoms with van der Waals surface area (Å²) >= 11 is 5.86. The van der Waals surface area contributed by atoms with Crippen LogP contribution in [0.2, 0.25) is 23.2 Å². The molecule has 0 saturated carbocycles. The second-order valence-electron chi connectivity index (χ2n) is 6.61. The van der Waals surface area contributed by atoms with Crippen molar-refractivity contribution in [3.8, 4) is 0 Å². The van der Waals surface area contributed by atoms with E-state index in [-0.39, 0.29) is 20.5 Å². The Hall–Kier alpha value is -0.893. The summed E-state index contributed by atoms with van der Waals surface area (Å²) in [5.74, 6) is -0.738. The van der Waals surface area contributed by atoms with Crippen molar-refractivity contribution >= 4 is 35.8 Å². The van der Waals surface area contributed by atoms with Gasteiger partial charge in [-0.2, -0.15) is 0 Å². The van der Waals surface area contributed by atoms with Crippen molar-refractivity contribution in [1.82, 2.24) is 4.39 Å². The molecular weight excluding hydrogens is 342 g/mol. The number of sulfonamides is 1. The number of carbonyl (C=O) groups excluding carboxylic acids is 1. The molecule has 0 bridgehead atoms. The largest absolute Gasteiger partial charge is 0.465 e. The van der Waals surface area contributed by atoms with E-state index in [1.807, 2.05) is 33.9 Å². The molecular formula is C14H22ClNO4SSi. The predicted molar refractivity (Wildman–Crippen MR) is 90.3 cm³/mol. The van der Waals surface area contributed by atoms with Crippen molar-refractivity contribution in [2.45, 2.75) is 43.8 Å². The first kappa shape index (κ1) is 19.2. The first-order valence-electron chi connectivity index (χ1n) is 6.74. The summed E-state index contributed by atoms with van der Waals surface area (Å²) in [6.07, 6.45) is 0. The molecule has 1 rings (SSSR count). The maximum Gasteiger partial charge on any atom is 0.339 e. The van der Waals surface area contributed by atoms with Crippen LogP contribution in [0.4, 0.5) is 0 Å². The fourth-order valence-corrected chi connectivity index (χ4v) is 6.75. The highest BCUT2D eigenvalue weighted by molar-refractivity contribution is 7.91. The summed E-state index contributed by atoms with van der Waals surface area (Å²) in [4.78, 5) is 11.7. The molecule has 22 heavy (non-hydrogen) atoms. The number of rotatable bonds is 4. The van der Waals surface area contributed by atoms with Crippen LogP contribution < -0.4 is 4.39 Å². The van der Waals surface area contributed by atoms with Gasteiger partial charge in [0.2, 0.25) is 10.0 Å². The van der Waals surface area contributed by atoms with E-state index >= 15 is 0 Å². The van der Waals surface area contributed by atoms with E-state index in [2.05, 4.69) is 9.12 Å². The van der Waals surface area contributed by atoms with Crippen LogP contribution >= 0.6 is 11.6 Å². The molecule has 0 aliphatic heterocycles. The molecule has 5 nitrogen and oxygen atoms in total. The molecule has 0 heterocycles. The zero-order valence-electron chi connectivity index (χ0n) is 13.7. The summed E-state index contributed by atoms with van der Waals surface area (Å²) in [6, 6.07) is 4.06. The minimum atomic E-state index is -3.85. The molecule has 1 N–H and O–H groups in total. The Bertz CT molecular complexity index is 681. The smallest absolute Gasteiger partial charge is 0.339 e. The number of benzene rings is 1. The molecule has 0 fully saturated rings. The van der Waals surface area contributed by atoms with E-state index in [1.54, 1.807) is 0 Å². The van der Waals surface area contributed by atoms with Crippen molar-refractivity contribution in [1.29, 1.82) is 0 Å². The van der Waals surface area contributed by atoms with Crippen LogP contribution in [0.15, 0.2) is 23.1 Å². The van der Waals surface area contributed by atoms with E-state index in [4.69, 9.17) is 11.6 Å². The first-order chi connectivity index (χ1) is 9.82. The van der Waals surface area contributed by atoms with Gasteiger partial charge in [-0.05, 0) is 23.2 Å². The average Bonchev–Trinajstić information content (AvgIpc) is 2.34. The van der Waals surface area contributed by atoms with Gasteiger partial charge in [-0.15, -0.1) is 0 Å². The van der Waals surface area contributed by atoms with Gasteiger partial charge >= 0.3 is 5.97 Å². The lowest BCUT2D eigenvalue weighted by Crippen LogP contribution is -2.54. The molecule has 0 amide bonds. The number of ether oxygens (including phenoxy) is 1. The Kier molecular flexibility index (Phi) is 5.49. The molecule has 0 saturated heterocycles. The lowest BCUT2D eigenvalue weighted by molar-refractivity contribution is 0.0596. The topological polar surface area (TPSA) is 72.5 Å². The highest BCUT2D eigenvalue weighted by atomic mass is 35.5. The number of halogens is 1. The van der Waals surface area contributed by atoms with Crippen LogP contribution in [0.1, 0.15) is 31.1 Å². The summed E-state index contributed by atoms with van der Waals surface area (Å²) in [6.45, 7) is 9.83. The molecule has 0 aliphatic rings. The zero-order valence-corrected chi connectivity index (χ0v) is 16.2. The number of hydrogen-bond acceptors (Lipinski definition) is 4. The number of nitrogens with one attached hydrogen (secondary N) is 1. The van der Waals surface area contributed by atoms with Gasteiger partial charge < -0.3 is 4.74 Å². The summed E-state index contributed by atoms with van der Waals surface area (Å²) in [7, 11) is -4.98. The van der Waals surface area contributed by atoms with Gasteiger partial charge in [0.25, 0.3) is 0 Å². The maximum atomic E-state index is 12.7. The molecule has 0 unspecified atom stereocenters. The van der Waals surface area contributed by atoms with Gasteiger partial charge in [-0.3, -0.25) is 0 Å². The number of esters is 1. The van der Waals surface area contributed by atoms with Crippen LogP contribution in [0.3, 0.4) is 0 Å². The number of hydrogen-bond donors (Lipinski definition) is 1. The molecule has 0 radical (unpaired) electrons. The average molecular weight is 364 g/mol. The van der Waals surface area contributed by atoms with Crippen LogP contribution in [0, 0.1) is 0 Å². The van der Waals surface area contributed by atoms with E-state index in [9.17, 15) is 13.2 Å². The standard InChI is InChI=1S/C14H22ClNO4SSi/c1-14(2,3)22(5,6)16-21(18,19)12-8-7-10(15)9-11(12)13(17)20-4/h7-9,16H,1-6H3. The first-order valence-corrected chi connectivity index (χ1v) is 11.6. The molecule has 1 aromatic carbocycles. The second-order valence-corrected chi connectivity index (χ2v) is 14.1. The Morgan fingerprint density at radius 3 is 2.27 bits per heavy atom. The van der Waals surface area contributed by atoms with Crippen LogP contribution in [0.5, 0.6) is 0 Å². The Balaban J connectivity index is 3.39. The molecule has 1 aromatic rings. The van der Waals surface area contributed by atoms with Crippen molar-refractivity contribution in [3.05, 3.63) is 28.8 Å². The SMILES string of the molecule is COC(=O)c1cc(Cl)ccc1S(=O)(=O)N[Si](C)(C)C(C)(C)C. The van der Waals surface area contributed by atoms with Crippen molar-refractivity contribution in [2.75, 3.05) is 7.11 Å². The third kappa shape index (κ3) is 4.10. The van der Waals surface area contributed by atoms with Gasteiger partial charge in [-0.25, -0.2) is 17.6 Å². The lowest BCUT2D eigenvalue weighted by atomic mass is 10.2. The fraction of sp³-hybridized carbons (Fsp3) is 0.500. The quantitative estimate of drug-likeness (QED) is 0.657. The Morgan fingerprint density at radius 1 is 1.27 bits per heavy atom. The second kappa shape index (κ2) is 6.31. The zero-order chi connectivity index (χ0) is 17.3. The molecule has 0 aromatic heterocycles. The fourth-order valence-electron chi connectivity index (χ4n) is 1.55. The van der Waals surface area contributed by atoms with E-state index in [0.29, 0.717) is 0 Å². The van der Waals surface area contributed by atoms with E-state index in [0.717, 1.165) is 0 Å². The third-order valence-electron chi connectivity index (χ3n) is 3.90. The highest BCUT2D eigenvalue weighted by Gasteiger charge is 2.40. The number of carbonyl (C=O) groups is 1. The van der Waals surface area contributed by atoms with Crippen LogP contribution in [-0.2, 0) is 14.8 Å².